The lowest BCUT2D eigenvalue weighted by Gasteiger charge is -2.10. The van der Waals surface area contributed by atoms with Crippen LogP contribution in [-0.2, 0) is 11.2 Å². The molecule has 0 atom stereocenters. The van der Waals surface area contributed by atoms with Crippen LogP contribution in [0.25, 0.3) is 11.6 Å². The topological polar surface area (TPSA) is 100 Å². The van der Waals surface area contributed by atoms with E-state index < -0.39 is 0 Å². The Morgan fingerprint density at radius 2 is 2.30 bits per heavy atom. The highest BCUT2D eigenvalue weighted by molar-refractivity contribution is 5.79. The first-order valence-electron chi connectivity index (χ1n) is 7.88. The summed E-state index contributed by atoms with van der Waals surface area (Å²) in [5, 5.41) is 13.5. The second kappa shape index (κ2) is 9.62. The maximum Gasteiger partial charge on any atom is 0.216 e. The van der Waals surface area contributed by atoms with Crippen molar-refractivity contribution in [3.05, 3.63) is 24.2 Å². The fourth-order valence-electron chi connectivity index (χ4n) is 1.93. The number of guanidine groups is 1. The summed E-state index contributed by atoms with van der Waals surface area (Å²) in [6.07, 6.45) is 2.32. The van der Waals surface area contributed by atoms with Gasteiger partial charge in [-0.2, -0.15) is 5.10 Å². The number of hydrogen-bond donors (Lipinski definition) is 3. The number of nitrogens with zero attached hydrogens (tertiary/aromatic N) is 3. The average Bonchev–Trinajstić information content (AvgIpc) is 3.22. The molecular weight excluding hydrogens is 296 g/mol. The van der Waals surface area contributed by atoms with Crippen LogP contribution in [0.2, 0.25) is 0 Å². The highest BCUT2D eigenvalue weighted by Crippen LogP contribution is 2.14. The highest BCUT2D eigenvalue weighted by atomic mass is 16.5. The largest absolute Gasteiger partial charge is 0.461 e. The number of aliphatic imine (C=N–C) groups is 1. The van der Waals surface area contributed by atoms with E-state index in [4.69, 9.17) is 9.15 Å². The first-order chi connectivity index (χ1) is 11.3. The van der Waals surface area contributed by atoms with Crippen molar-refractivity contribution in [3.63, 3.8) is 0 Å². The van der Waals surface area contributed by atoms with E-state index in [0.717, 1.165) is 18.3 Å². The first kappa shape index (κ1) is 17.0. The van der Waals surface area contributed by atoms with E-state index in [9.17, 15) is 0 Å². The molecular formula is C15H24N6O2. The van der Waals surface area contributed by atoms with Gasteiger partial charge < -0.3 is 19.8 Å². The SMILES string of the molecule is CCNC(=NCCOCC)NCCc1nc(-c2ccco2)n[nH]1. The van der Waals surface area contributed by atoms with Crippen LogP contribution in [0.5, 0.6) is 0 Å². The van der Waals surface area contributed by atoms with Gasteiger partial charge in [-0.15, -0.1) is 0 Å². The molecule has 0 fully saturated rings. The predicted octanol–water partition coefficient (Wildman–Crippen LogP) is 1.20. The van der Waals surface area contributed by atoms with Gasteiger partial charge in [-0.05, 0) is 26.0 Å². The maximum absolute atomic E-state index is 5.28. The quantitative estimate of drug-likeness (QED) is 0.365. The van der Waals surface area contributed by atoms with Crippen molar-refractivity contribution in [1.29, 1.82) is 0 Å². The molecule has 8 heteroatoms. The van der Waals surface area contributed by atoms with Crippen LogP contribution in [-0.4, -0.2) is 54.0 Å². The molecule has 2 heterocycles. The zero-order chi connectivity index (χ0) is 16.3. The number of ether oxygens (including phenoxy) is 1. The molecule has 8 nitrogen and oxygen atoms in total. The fourth-order valence-corrected chi connectivity index (χ4v) is 1.93. The van der Waals surface area contributed by atoms with Gasteiger partial charge in [0.1, 0.15) is 5.82 Å². The van der Waals surface area contributed by atoms with Crippen molar-refractivity contribution >= 4 is 5.96 Å². The molecule has 0 unspecified atom stereocenters. The lowest BCUT2D eigenvalue weighted by molar-refractivity contribution is 0.155. The summed E-state index contributed by atoms with van der Waals surface area (Å²) in [6.45, 7) is 7.49. The molecule has 0 bridgehead atoms. The third-order valence-electron chi connectivity index (χ3n) is 2.98. The zero-order valence-electron chi connectivity index (χ0n) is 13.6. The van der Waals surface area contributed by atoms with E-state index in [1.54, 1.807) is 6.26 Å². The van der Waals surface area contributed by atoms with Crippen molar-refractivity contribution in [2.75, 3.05) is 32.8 Å². The fraction of sp³-hybridized carbons (Fsp3) is 0.533. The summed E-state index contributed by atoms with van der Waals surface area (Å²) in [5.41, 5.74) is 0. The van der Waals surface area contributed by atoms with Gasteiger partial charge in [0.25, 0.3) is 0 Å². The molecule has 0 aromatic carbocycles. The Kier molecular flexibility index (Phi) is 7.12. The third-order valence-corrected chi connectivity index (χ3v) is 2.98. The van der Waals surface area contributed by atoms with Gasteiger partial charge in [-0.1, -0.05) is 0 Å². The number of nitrogens with one attached hydrogen (secondary N) is 3. The molecule has 0 saturated carbocycles. The number of furan rings is 1. The lowest BCUT2D eigenvalue weighted by atomic mass is 10.4. The Morgan fingerprint density at radius 1 is 1.39 bits per heavy atom. The Balaban J connectivity index is 1.77. The minimum Gasteiger partial charge on any atom is -0.461 e. The molecule has 0 aliphatic carbocycles. The van der Waals surface area contributed by atoms with E-state index in [0.29, 0.717) is 44.3 Å². The second-order valence-corrected chi connectivity index (χ2v) is 4.72. The molecule has 2 rings (SSSR count). The van der Waals surface area contributed by atoms with Crippen LogP contribution in [0.3, 0.4) is 0 Å². The van der Waals surface area contributed by atoms with Gasteiger partial charge in [0, 0.05) is 26.1 Å². The molecule has 0 spiro atoms. The van der Waals surface area contributed by atoms with E-state index in [1.807, 2.05) is 26.0 Å². The molecule has 0 radical (unpaired) electrons. The van der Waals surface area contributed by atoms with Crippen LogP contribution < -0.4 is 10.6 Å². The van der Waals surface area contributed by atoms with Crippen LogP contribution in [0.4, 0.5) is 0 Å². The molecule has 2 aromatic rings. The Labute approximate surface area is 135 Å². The summed E-state index contributed by atoms with van der Waals surface area (Å²) in [7, 11) is 0. The lowest BCUT2D eigenvalue weighted by Crippen LogP contribution is -2.38. The minimum absolute atomic E-state index is 0.572. The van der Waals surface area contributed by atoms with Crippen molar-refractivity contribution in [2.24, 2.45) is 4.99 Å². The smallest absolute Gasteiger partial charge is 0.216 e. The summed E-state index contributed by atoms with van der Waals surface area (Å²) in [5.74, 6) is 2.81. The Bertz CT molecular complexity index is 579. The summed E-state index contributed by atoms with van der Waals surface area (Å²) in [6, 6.07) is 3.65. The number of rotatable bonds is 9. The Morgan fingerprint density at radius 3 is 3.04 bits per heavy atom. The van der Waals surface area contributed by atoms with Crippen LogP contribution in [0.15, 0.2) is 27.8 Å². The summed E-state index contributed by atoms with van der Waals surface area (Å²) in [4.78, 5) is 8.84. The molecule has 126 valence electrons. The molecule has 23 heavy (non-hydrogen) atoms. The number of hydrogen-bond acceptors (Lipinski definition) is 5. The highest BCUT2D eigenvalue weighted by Gasteiger charge is 2.08. The van der Waals surface area contributed by atoms with Gasteiger partial charge in [0.2, 0.25) is 5.82 Å². The molecule has 0 saturated heterocycles. The van der Waals surface area contributed by atoms with Gasteiger partial charge in [-0.25, -0.2) is 4.98 Å². The molecule has 0 aliphatic rings. The average molecular weight is 320 g/mol. The maximum atomic E-state index is 5.28. The van der Waals surface area contributed by atoms with Crippen molar-refractivity contribution in [3.8, 4) is 11.6 Å². The standard InChI is InChI=1S/C15H24N6O2/c1-3-16-15(18-9-11-22-4-2)17-8-7-13-19-14(21-20-13)12-6-5-10-23-12/h5-6,10H,3-4,7-9,11H2,1-2H3,(H2,16,17,18)(H,19,20,21). The first-order valence-corrected chi connectivity index (χ1v) is 7.88. The van der Waals surface area contributed by atoms with Gasteiger partial charge >= 0.3 is 0 Å². The third kappa shape index (κ3) is 5.74. The monoisotopic (exact) mass is 320 g/mol. The van der Waals surface area contributed by atoms with Crippen molar-refractivity contribution < 1.29 is 9.15 Å². The van der Waals surface area contributed by atoms with E-state index in [1.165, 1.54) is 0 Å². The number of H-pyrrole nitrogens is 1. The second-order valence-electron chi connectivity index (χ2n) is 4.72. The van der Waals surface area contributed by atoms with Crippen LogP contribution in [0, 0.1) is 0 Å². The van der Waals surface area contributed by atoms with Crippen LogP contribution >= 0.6 is 0 Å². The summed E-state index contributed by atoms with van der Waals surface area (Å²) >= 11 is 0. The normalized spacial score (nSPS) is 11.7. The predicted molar refractivity (Wildman–Crippen MR) is 88.3 cm³/mol. The molecule has 3 N–H and O–H groups in total. The van der Waals surface area contributed by atoms with Crippen molar-refractivity contribution in [2.45, 2.75) is 20.3 Å². The van der Waals surface area contributed by atoms with Gasteiger partial charge in [0.15, 0.2) is 11.7 Å². The number of aromatic nitrogens is 3. The van der Waals surface area contributed by atoms with E-state index in [2.05, 4.69) is 30.8 Å². The summed E-state index contributed by atoms with van der Waals surface area (Å²) < 4.78 is 10.5. The van der Waals surface area contributed by atoms with Gasteiger partial charge in [-0.3, -0.25) is 10.1 Å². The minimum atomic E-state index is 0.572. The number of aromatic amines is 1. The zero-order valence-corrected chi connectivity index (χ0v) is 13.6. The van der Waals surface area contributed by atoms with Gasteiger partial charge in [0.05, 0.1) is 19.4 Å². The van der Waals surface area contributed by atoms with Crippen molar-refractivity contribution in [1.82, 2.24) is 25.8 Å². The molecule has 0 aliphatic heterocycles. The Hall–Kier alpha value is -2.35. The molecule has 2 aromatic heterocycles. The van der Waals surface area contributed by atoms with E-state index >= 15 is 0 Å². The van der Waals surface area contributed by atoms with Crippen LogP contribution in [0.1, 0.15) is 19.7 Å². The van der Waals surface area contributed by atoms with E-state index in [-0.39, 0.29) is 0 Å². The molecule has 0 amide bonds.